The Bertz CT molecular complexity index is 1050. The monoisotopic (exact) mass is 733 g/mol. The van der Waals surface area contributed by atoms with Crippen LogP contribution in [-0.2, 0) is 0 Å². The van der Waals surface area contributed by atoms with Crippen molar-refractivity contribution in [2.24, 2.45) is 0 Å². The van der Waals surface area contributed by atoms with E-state index in [9.17, 15) is 0 Å². The molecule has 0 heterocycles. The number of ether oxygens (including phenoxy) is 3. The van der Waals surface area contributed by atoms with E-state index in [1.165, 1.54) is 179 Å². The zero-order valence-electron chi connectivity index (χ0n) is 35.3. The Hall–Kier alpha value is -2.42. The molecule has 0 aromatic heterocycles. The van der Waals surface area contributed by atoms with Crippen LogP contribution in [0.3, 0.4) is 0 Å². The molecule has 2 aromatic carbocycles. The van der Waals surface area contributed by atoms with Gasteiger partial charge in [0.05, 0.1) is 19.8 Å². The number of unbranched alkanes of at least 4 members (excludes halogenated alkanes) is 27. The van der Waals surface area contributed by atoms with Crippen molar-refractivity contribution >= 4 is 12.2 Å². The molecular weight excluding hydrogens is 649 g/mol. The second-order valence-corrected chi connectivity index (χ2v) is 15.7. The summed E-state index contributed by atoms with van der Waals surface area (Å²) in [6.07, 6.45) is 44.0. The Labute approximate surface area is 329 Å². The maximum Gasteiger partial charge on any atom is 0.203 e. The summed E-state index contributed by atoms with van der Waals surface area (Å²) in [5.41, 5.74) is 2.28. The third-order valence-electron chi connectivity index (χ3n) is 10.6. The fourth-order valence-electron chi connectivity index (χ4n) is 7.11. The SMILES string of the molecule is CCCCCCCCCCCCOc1cc(/C=C/c2ccccc2)cc(OCCCCCCCCCCCC)c1OCCCCCCCCCCCC. The van der Waals surface area contributed by atoms with Crippen molar-refractivity contribution in [3.63, 3.8) is 0 Å². The Morgan fingerprint density at radius 2 is 0.642 bits per heavy atom. The van der Waals surface area contributed by atoms with Gasteiger partial charge in [-0.25, -0.2) is 0 Å². The minimum atomic E-state index is 0.707. The Kier molecular flexibility index (Phi) is 31.1. The van der Waals surface area contributed by atoms with Gasteiger partial charge in [0.2, 0.25) is 5.75 Å². The highest BCUT2D eigenvalue weighted by molar-refractivity contribution is 5.72. The van der Waals surface area contributed by atoms with E-state index in [4.69, 9.17) is 14.2 Å². The van der Waals surface area contributed by atoms with E-state index in [0.717, 1.165) is 55.3 Å². The fraction of sp³-hybridized carbons (Fsp3) is 0.720. The molecule has 2 rings (SSSR count). The molecule has 0 saturated heterocycles. The molecule has 3 nitrogen and oxygen atoms in total. The van der Waals surface area contributed by atoms with Gasteiger partial charge in [-0.3, -0.25) is 0 Å². The van der Waals surface area contributed by atoms with Crippen LogP contribution >= 0.6 is 0 Å². The van der Waals surface area contributed by atoms with Gasteiger partial charge in [-0.1, -0.05) is 237 Å². The minimum Gasteiger partial charge on any atom is -0.490 e. The van der Waals surface area contributed by atoms with Crippen LogP contribution < -0.4 is 14.2 Å². The first-order chi connectivity index (χ1) is 26.3. The Morgan fingerprint density at radius 3 is 1.00 bits per heavy atom. The van der Waals surface area contributed by atoms with Gasteiger partial charge in [0, 0.05) is 0 Å². The van der Waals surface area contributed by atoms with Gasteiger partial charge in [-0.2, -0.15) is 0 Å². The topological polar surface area (TPSA) is 27.7 Å². The molecule has 2 aromatic rings. The molecule has 0 spiro atoms. The van der Waals surface area contributed by atoms with Crippen molar-refractivity contribution < 1.29 is 14.2 Å². The largest absolute Gasteiger partial charge is 0.490 e. The van der Waals surface area contributed by atoms with Crippen molar-refractivity contribution in [3.05, 3.63) is 53.6 Å². The van der Waals surface area contributed by atoms with Gasteiger partial charge in [0.1, 0.15) is 0 Å². The van der Waals surface area contributed by atoms with E-state index >= 15 is 0 Å². The lowest BCUT2D eigenvalue weighted by Gasteiger charge is -2.18. The standard InChI is InChI=1S/C50H84O3/c1-4-7-10-13-16-19-22-25-28-34-41-51-48-44-47(40-39-46-37-32-31-33-38-46)45-49(52-42-35-29-26-23-20-17-14-11-8-5-2)50(48)53-43-36-30-27-24-21-18-15-12-9-6-3/h31-33,37-40,44-45H,4-30,34-36,41-43H2,1-3H3/b40-39+. The van der Waals surface area contributed by atoms with Crippen LogP contribution in [0.15, 0.2) is 42.5 Å². The van der Waals surface area contributed by atoms with Crippen LogP contribution in [0.2, 0.25) is 0 Å². The van der Waals surface area contributed by atoms with Gasteiger partial charge >= 0.3 is 0 Å². The third-order valence-corrected chi connectivity index (χ3v) is 10.6. The first-order valence-electron chi connectivity index (χ1n) is 23.1. The van der Waals surface area contributed by atoms with Gasteiger partial charge < -0.3 is 14.2 Å². The first-order valence-corrected chi connectivity index (χ1v) is 23.1. The molecule has 0 amide bonds. The van der Waals surface area contributed by atoms with Crippen LogP contribution in [0.25, 0.3) is 12.2 Å². The van der Waals surface area contributed by atoms with Crippen LogP contribution in [0.4, 0.5) is 0 Å². The molecule has 0 radical (unpaired) electrons. The zero-order valence-corrected chi connectivity index (χ0v) is 35.3. The number of hydrogen-bond acceptors (Lipinski definition) is 3. The number of hydrogen-bond donors (Lipinski definition) is 0. The van der Waals surface area contributed by atoms with Gasteiger partial charge in [0.15, 0.2) is 11.5 Å². The summed E-state index contributed by atoms with van der Waals surface area (Å²) in [5.74, 6) is 2.47. The van der Waals surface area contributed by atoms with Crippen LogP contribution in [-0.4, -0.2) is 19.8 Å². The van der Waals surface area contributed by atoms with E-state index in [0.29, 0.717) is 6.61 Å². The third kappa shape index (κ3) is 26.1. The molecule has 53 heavy (non-hydrogen) atoms. The van der Waals surface area contributed by atoms with E-state index in [1.807, 2.05) is 0 Å². The van der Waals surface area contributed by atoms with Gasteiger partial charge in [0.25, 0.3) is 0 Å². The first kappa shape index (κ1) is 46.7. The van der Waals surface area contributed by atoms with Crippen molar-refractivity contribution in [1.82, 2.24) is 0 Å². The van der Waals surface area contributed by atoms with E-state index in [1.54, 1.807) is 0 Å². The zero-order chi connectivity index (χ0) is 37.7. The molecule has 3 heteroatoms. The molecule has 0 atom stereocenters. The molecule has 0 N–H and O–H groups in total. The van der Waals surface area contributed by atoms with E-state index < -0.39 is 0 Å². The Balaban J connectivity index is 1.99. The molecule has 302 valence electrons. The molecule has 0 fully saturated rings. The molecule has 0 unspecified atom stereocenters. The lowest BCUT2D eigenvalue weighted by molar-refractivity contribution is 0.234. The summed E-state index contributed by atoms with van der Waals surface area (Å²) in [6, 6.07) is 14.9. The lowest BCUT2D eigenvalue weighted by Crippen LogP contribution is -2.07. The summed E-state index contributed by atoms with van der Waals surface area (Å²) >= 11 is 0. The Morgan fingerprint density at radius 1 is 0.340 bits per heavy atom. The molecule has 0 bridgehead atoms. The van der Waals surface area contributed by atoms with E-state index in [-0.39, 0.29) is 0 Å². The second kappa shape index (κ2) is 35.3. The predicted octanol–water partition coefficient (Wildman–Crippen LogP) is 16.8. The summed E-state index contributed by atoms with van der Waals surface area (Å²) in [5, 5.41) is 0. The van der Waals surface area contributed by atoms with Crippen molar-refractivity contribution in [2.45, 2.75) is 213 Å². The van der Waals surface area contributed by atoms with Crippen LogP contribution in [0.5, 0.6) is 17.2 Å². The molecular formula is C50H84O3. The highest BCUT2D eigenvalue weighted by Gasteiger charge is 2.16. The molecule has 0 aliphatic rings. The summed E-state index contributed by atoms with van der Waals surface area (Å²) < 4.78 is 19.7. The minimum absolute atomic E-state index is 0.707. The van der Waals surface area contributed by atoms with Gasteiger partial charge in [-0.15, -0.1) is 0 Å². The maximum absolute atomic E-state index is 6.58. The lowest BCUT2D eigenvalue weighted by atomic mass is 10.1. The van der Waals surface area contributed by atoms with Crippen molar-refractivity contribution in [3.8, 4) is 17.2 Å². The quantitative estimate of drug-likeness (QED) is 0.0508. The van der Waals surface area contributed by atoms with Crippen LogP contribution in [0, 0.1) is 0 Å². The highest BCUT2D eigenvalue weighted by Crippen LogP contribution is 2.40. The van der Waals surface area contributed by atoms with Crippen LogP contribution in [0.1, 0.15) is 225 Å². The highest BCUT2D eigenvalue weighted by atomic mass is 16.5. The van der Waals surface area contributed by atoms with Crippen molar-refractivity contribution in [2.75, 3.05) is 19.8 Å². The number of rotatable bonds is 38. The van der Waals surface area contributed by atoms with Crippen molar-refractivity contribution in [1.29, 1.82) is 0 Å². The number of benzene rings is 2. The second-order valence-electron chi connectivity index (χ2n) is 15.7. The van der Waals surface area contributed by atoms with E-state index in [2.05, 4.69) is 75.4 Å². The summed E-state index contributed by atoms with van der Waals surface area (Å²) in [6.45, 7) is 9.02. The molecule has 0 aliphatic heterocycles. The fourth-order valence-corrected chi connectivity index (χ4v) is 7.11. The maximum atomic E-state index is 6.58. The predicted molar refractivity (Wildman–Crippen MR) is 234 cm³/mol. The average Bonchev–Trinajstić information content (AvgIpc) is 3.18. The van der Waals surface area contributed by atoms with Gasteiger partial charge in [-0.05, 0) is 42.5 Å². The summed E-state index contributed by atoms with van der Waals surface area (Å²) in [7, 11) is 0. The average molecular weight is 733 g/mol. The summed E-state index contributed by atoms with van der Waals surface area (Å²) in [4.78, 5) is 0. The smallest absolute Gasteiger partial charge is 0.203 e. The normalized spacial score (nSPS) is 11.5. The molecule has 0 saturated carbocycles. The molecule has 0 aliphatic carbocycles.